The van der Waals surface area contributed by atoms with E-state index in [9.17, 15) is 0 Å². The molecular weight excluding hydrogens is 427 g/mol. The lowest BCUT2D eigenvalue weighted by Gasteiger charge is -2.35. The first-order valence-electron chi connectivity index (χ1n) is 9.15. The largest absolute Gasteiger partial charge is 0.379 e. The summed E-state index contributed by atoms with van der Waals surface area (Å²) in [5.74, 6) is 1.41. The number of likely N-dealkylation sites (tertiary alicyclic amines) is 1. The quantitative estimate of drug-likeness (QED) is 0.429. The van der Waals surface area contributed by atoms with E-state index in [1.807, 2.05) is 0 Å². The van der Waals surface area contributed by atoms with E-state index >= 15 is 0 Å². The molecule has 5 nitrogen and oxygen atoms in total. The minimum atomic E-state index is 0. The maximum Gasteiger partial charge on any atom is 0.191 e. The van der Waals surface area contributed by atoms with Crippen molar-refractivity contribution in [2.45, 2.75) is 25.8 Å². The molecule has 6 heteroatoms. The molecule has 1 aromatic rings. The van der Waals surface area contributed by atoms with Crippen LogP contribution in [-0.4, -0.2) is 61.7 Å². The number of aliphatic imine (C=N–C) groups is 1. The van der Waals surface area contributed by atoms with E-state index < -0.39 is 0 Å². The van der Waals surface area contributed by atoms with Gasteiger partial charge in [-0.05, 0) is 24.3 Å². The third-order valence-electron chi connectivity index (χ3n) is 5.08. The van der Waals surface area contributed by atoms with E-state index in [0.29, 0.717) is 18.4 Å². The van der Waals surface area contributed by atoms with Crippen LogP contribution in [0.4, 0.5) is 0 Å². The van der Waals surface area contributed by atoms with Crippen molar-refractivity contribution >= 4 is 29.9 Å². The summed E-state index contributed by atoms with van der Waals surface area (Å²) in [6.45, 7) is 8.57. The van der Waals surface area contributed by atoms with E-state index in [0.717, 1.165) is 39.4 Å². The molecule has 2 atom stereocenters. The van der Waals surface area contributed by atoms with Gasteiger partial charge in [0.2, 0.25) is 0 Å². The van der Waals surface area contributed by atoms with Crippen molar-refractivity contribution in [1.29, 1.82) is 0 Å². The van der Waals surface area contributed by atoms with Crippen LogP contribution in [-0.2, 0) is 4.74 Å². The Kier molecular flexibility index (Phi) is 8.45. The molecule has 2 aliphatic heterocycles. The van der Waals surface area contributed by atoms with Crippen molar-refractivity contribution < 1.29 is 4.74 Å². The van der Waals surface area contributed by atoms with Gasteiger partial charge in [-0.2, -0.15) is 0 Å². The lowest BCUT2D eigenvalue weighted by molar-refractivity contribution is 0.0179. The summed E-state index contributed by atoms with van der Waals surface area (Å²) >= 11 is 0. The zero-order valence-corrected chi connectivity index (χ0v) is 17.5. The fourth-order valence-corrected chi connectivity index (χ4v) is 3.67. The van der Waals surface area contributed by atoms with Crippen LogP contribution >= 0.6 is 24.0 Å². The molecule has 0 bridgehead atoms. The molecule has 2 aliphatic rings. The van der Waals surface area contributed by atoms with Crippen molar-refractivity contribution in [3.05, 3.63) is 35.9 Å². The minimum Gasteiger partial charge on any atom is -0.379 e. The number of hydrogen-bond donors (Lipinski definition) is 1. The van der Waals surface area contributed by atoms with Gasteiger partial charge in [0.15, 0.2) is 5.96 Å². The van der Waals surface area contributed by atoms with Gasteiger partial charge in [-0.15, -0.1) is 24.0 Å². The number of nitrogens with two attached hydrogens (primary N) is 1. The van der Waals surface area contributed by atoms with Gasteiger partial charge in [-0.1, -0.05) is 37.3 Å². The highest BCUT2D eigenvalue weighted by Gasteiger charge is 2.23. The lowest BCUT2D eigenvalue weighted by Crippen LogP contribution is -2.44. The molecule has 0 radical (unpaired) electrons. The molecule has 2 fully saturated rings. The number of piperidine rings is 1. The molecule has 0 saturated carbocycles. The first kappa shape index (κ1) is 20.5. The standard InChI is InChI=1S/C19H30N4O.HI/c1-16-6-5-9-23(15-16)19(20)21-14-18(17-7-3-2-4-8-17)22-10-12-24-13-11-22;/h2-4,7-8,16,18H,5-6,9-15H2,1H3,(H2,20,21);1H. The highest BCUT2D eigenvalue weighted by atomic mass is 127. The van der Waals surface area contributed by atoms with E-state index in [2.05, 4.69) is 47.1 Å². The SMILES string of the molecule is CC1CCCN(C(N)=NCC(c2ccccc2)N2CCOCC2)C1.I. The molecular formula is C19H31IN4O. The summed E-state index contributed by atoms with van der Waals surface area (Å²) in [7, 11) is 0. The van der Waals surface area contributed by atoms with Gasteiger partial charge >= 0.3 is 0 Å². The molecule has 2 unspecified atom stereocenters. The van der Waals surface area contributed by atoms with Crippen molar-refractivity contribution in [1.82, 2.24) is 9.80 Å². The Morgan fingerprint density at radius 1 is 1.24 bits per heavy atom. The third kappa shape index (κ3) is 5.82. The normalized spacial score (nSPS) is 23.8. The molecule has 2 saturated heterocycles. The zero-order valence-electron chi connectivity index (χ0n) is 15.1. The maximum absolute atomic E-state index is 6.30. The predicted molar refractivity (Wildman–Crippen MR) is 113 cm³/mol. The molecule has 3 rings (SSSR count). The first-order chi connectivity index (χ1) is 11.7. The molecule has 0 amide bonds. The number of nitrogens with zero attached hydrogens (tertiary/aromatic N) is 3. The second-order valence-electron chi connectivity index (χ2n) is 6.97. The molecule has 0 aromatic heterocycles. The predicted octanol–water partition coefficient (Wildman–Crippen LogP) is 2.72. The lowest BCUT2D eigenvalue weighted by atomic mass is 10.0. The monoisotopic (exact) mass is 458 g/mol. The average molecular weight is 458 g/mol. The second-order valence-corrected chi connectivity index (χ2v) is 6.97. The molecule has 2 N–H and O–H groups in total. The van der Waals surface area contributed by atoms with Crippen LogP contribution in [0.1, 0.15) is 31.4 Å². The Balaban J connectivity index is 0.00000225. The van der Waals surface area contributed by atoms with Gasteiger partial charge in [-0.25, -0.2) is 0 Å². The zero-order chi connectivity index (χ0) is 16.8. The molecule has 1 aromatic carbocycles. The first-order valence-corrected chi connectivity index (χ1v) is 9.15. The number of hydrogen-bond acceptors (Lipinski definition) is 3. The van der Waals surface area contributed by atoms with Gasteiger partial charge in [0.25, 0.3) is 0 Å². The van der Waals surface area contributed by atoms with Crippen LogP contribution in [0.3, 0.4) is 0 Å². The van der Waals surface area contributed by atoms with Gasteiger partial charge in [0.05, 0.1) is 25.8 Å². The van der Waals surface area contributed by atoms with Gasteiger partial charge in [0, 0.05) is 26.2 Å². The van der Waals surface area contributed by atoms with Gasteiger partial charge < -0.3 is 15.4 Å². The summed E-state index contributed by atoms with van der Waals surface area (Å²) in [5, 5.41) is 0. The van der Waals surface area contributed by atoms with Crippen molar-refractivity contribution in [2.24, 2.45) is 16.6 Å². The van der Waals surface area contributed by atoms with Crippen LogP contribution in [0, 0.1) is 5.92 Å². The van der Waals surface area contributed by atoms with Gasteiger partial charge in [0.1, 0.15) is 0 Å². The number of ether oxygens (including phenoxy) is 1. The topological polar surface area (TPSA) is 54.1 Å². The Bertz CT molecular complexity index is 533. The summed E-state index contributed by atoms with van der Waals surface area (Å²) < 4.78 is 5.51. The number of rotatable bonds is 4. The Morgan fingerprint density at radius 3 is 2.64 bits per heavy atom. The summed E-state index contributed by atoms with van der Waals surface area (Å²) in [4.78, 5) is 9.48. The number of halogens is 1. The van der Waals surface area contributed by atoms with Crippen LogP contribution in [0.2, 0.25) is 0 Å². The van der Waals surface area contributed by atoms with Crippen LogP contribution in [0.15, 0.2) is 35.3 Å². The minimum absolute atomic E-state index is 0. The molecule has 2 heterocycles. The fraction of sp³-hybridized carbons (Fsp3) is 0.632. The molecule has 25 heavy (non-hydrogen) atoms. The van der Waals surface area contributed by atoms with Crippen LogP contribution < -0.4 is 5.73 Å². The summed E-state index contributed by atoms with van der Waals surface area (Å²) in [5.41, 5.74) is 7.61. The van der Waals surface area contributed by atoms with E-state index in [4.69, 9.17) is 15.5 Å². The highest BCUT2D eigenvalue weighted by molar-refractivity contribution is 14.0. The van der Waals surface area contributed by atoms with Crippen LogP contribution in [0.25, 0.3) is 0 Å². The average Bonchev–Trinajstić information content (AvgIpc) is 2.63. The van der Waals surface area contributed by atoms with Crippen LogP contribution in [0.5, 0.6) is 0 Å². The fourth-order valence-electron chi connectivity index (χ4n) is 3.67. The van der Waals surface area contributed by atoms with Crippen molar-refractivity contribution in [2.75, 3.05) is 45.9 Å². The van der Waals surface area contributed by atoms with E-state index in [1.165, 1.54) is 18.4 Å². The molecule has 0 spiro atoms. The molecule has 0 aliphatic carbocycles. The van der Waals surface area contributed by atoms with E-state index in [-0.39, 0.29) is 30.0 Å². The van der Waals surface area contributed by atoms with Crippen molar-refractivity contribution in [3.63, 3.8) is 0 Å². The van der Waals surface area contributed by atoms with Crippen molar-refractivity contribution in [3.8, 4) is 0 Å². The Hall–Kier alpha value is -0.860. The maximum atomic E-state index is 6.30. The smallest absolute Gasteiger partial charge is 0.191 e. The number of guanidine groups is 1. The Labute approximate surface area is 168 Å². The molecule has 140 valence electrons. The number of morpholine rings is 1. The highest BCUT2D eigenvalue weighted by Crippen LogP contribution is 2.22. The number of benzene rings is 1. The summed E-state index contributed by atoms with van der Waals surface area (Å²) in [6.07, 6.45) is 2.51. The second kappa shape index (κ2) is 10.3. The van der Waals surface area contributed by atoms with Gasteiger partial charge in [-0.3, -0.25) is 9.89 Å². The summed E-state index contributed by atoms with van der Waals surface area (Å²) in [6, 6.07) is 10.9. The third-order valence-corrected chi connectivity index (χ3v) is 5.08. The van der Waals surface area contributed by atoms with E-state index in [1.54, 1.807) is 0 Å². The Morgan fingerprint density at radius 2 is 1.96 bits per heavy atom.